The molecular weight excluding hydrogens is 406 g/mol. The van der Waals surface area contributed by atoms with Crippen molar-refractivity contribution in [1.82, 2.24) is 0 Å². The van der Waals surface area contributed by atoms with Gasteiger partial charge in [-0.25, -0.2) is 0 Å². The highest BCUT2D eigenvalue weighted by Crippen LogP contribution is 2.44. The van der Waals surface area contributed by atoms with Gasteiger partial charge in [-0.05, 0) is 43.0 Å². The van der Waals surface area contributed by atoms with E-state index >= 15 is 0 Å². The van der Waals surface area contributed by atoms with E-state index < -0.39 is 29.5 Å². The van der Waals surface area contributed by atoms with E-state index in [1.165, 1.54) is 0 Å². The third kappa shape index (κ3) is 5.44. The summed E-state index contributed by atoms with van der Waals surface area (Å²) in [6.45, 7) is 9.14. The van der Waals surface area contributed by atoms with E-state index in [1.807, 2.05) is 36.4 Å². The molecule has 2 atom stereocenters. The van der Waals surface area contributed by atoms with Crippen molar-refractivity contribution in [3.63, 3.8) is 0 Å². The van der Waals surface area contributed by atoms with Crippen molar-refractivity contribution in [1.29, 1.82) is 0 Å². The number of carbonyl (C=O) groups excluding carboxylic acids is 2. The van der Waals surface area contributed by atoms with E-state index in [2.05, 4.69) is 18.7 Å². The van der Waals surface area contributed by atoms with Crippen LogP contribution in [0.3, 0.4) is 0 Å². The van der Waals surface area contributed by atoms with Crippen molar-refractivity contribution in [2.24, 2.45) is 11.7 Å². The van der Waals surface area contributed by atoms with E-state index in [4.69, 9.17) is 19.9 Å². The normalized spacial score (nSPS) is 14.8. The maximum absolute atomic E-state index is 13.0. The predicted octanol–water partition coefficient (Wildman–Crippen LogP) is 3.83. The Morgan fingerprint density at radius 2 is 1.59 bits per heavy atom. The maximum atomic E-state index is 13.0. The van der Waals surface area contributed by atoms with E-state index in [1.54, 1.807) is 26.8 Å². The van der Waals surface area contributed by atoms with Gasteiger partial charge in [0, 0.05) is 5.92 Å². The van der Waals surface area contributed by atoms with Crippen LogP contribution in [0.2, 0.25) is 0 Å². The van der Waals surface area contributed by atoms with Crippen LogP contribution in [0.25, 0.3) is 11.1 Å². The van der Waals surface area contributed by atoms with Gasteiger partial charge >= 0.3 is 11.9 Å². The van der Waals surface area contributed by atoms with Crippen LogP contribution in [-0.2, 0) is 23.8 Å². The van der Waals surface area contributed by atoms with Gasteiger partial charge < -0.3 is 19.9 Å². The zero-order valence-corrected chi connectivity index (χ0v) is 18.9. The Balaban J connectivity index is 1.75. The molecule has 0 heterocycles. The molecule has 0 aromatic heterocycles. The topological polar surface area (TPSA) is 87.9 Å². The molecule has 0 fully saturated rings. The predicted molar refractivity (Wildman–Crippen MR) is 123 cm³/mol. The molecular formula is C26H31NO5. The molecule has 0 saturated carbocycles. The summed E-state index contributed by atoms with van der Waals surface area (Å²) in [7, 11) is 0. The molecule has 6 heteroatoms. The Morgan fingerprint density at radius 3 is 2.12 bits per heavy atom. The standard InChI is InChI=1S/C26H31NO5/c1-5-14-30-15-22(23(27)25(29)32-26(2,3)4)24(28)31-16-21-19-12-8-6-10-17(19)18-11-7-9-13-20(18)21/h5-13,21-23H,1,14-16,27H2,2-4H3. The number of benzene rings is 2. The van der Waals surface area contributed by atoms with Gasteiger partial charge in [-0.1, -0.05) is 54.6 Å². The average Bonchev–Trinajstić information content (AvgIpc) is 3.07. The number of hydrogen-bond donors (Lipinski definition) is 1. The molecule has 1 aliphatic rings. The van der Waals surface area contributed by atoms with Gasteiger partial charge in [0.1, 0.15) is 24.2 Å². The zero-order chi connectivity index (χ0) is 23.3. The fraction of sp³-hybridized carbons (Fsp3) is 0.385. The van der Waals surface area contributed by atoms with Crippen molar-refractivity contribution in [2.75, 3.05) is 19.8 Å². The molecule has 0 saturated heterocycles. The summed E-state index contributed by atoms with van der Waals surface area (Å²) >= 11 is 0. The molecule has 2 aromatic carbocycles. The van der Waals surface area contributed by atoms with Gasteiger partial charge in [0.05, 0.1) is 13.2 Å². The van der Waals surface area contributed by atoms with Gasteiger partial charge in [0.2, 0.25) is 0 Å². The highest BCUT2D eigenvalue weighted by Gasteiger charge is 2.36. The molecule has 2 unspecified atom stereocenters. The van der Waals surface area contributed by atoms with E-state index in [-0.39, 0.29) is 25.7 Å². The molecule has 0 bridgehead atoms. The fourth-order valence-electron chi connectivity index (χ4n) is 3.84. The highest BCUT2D eigenvalue weighted by molar-refractivity contribution is 5.85. The number of fused-ring (bicyclic) bond motifs is 3. The zero-order valence-electron chi connectivity index (χ0n) is 18.9. The Kier molecular flexibility index (Phi) is 7.48. The van der Waals surface area contributed by atoms with Gasteiger partial charge in [-0.3, -0.25) is 9.59 Å². The molecule has 170 valence electrons. The van der Waals surface area contributed by atoms with Gasteiger partial charge in [-0.15, -0.1) is 6.58 Å². The van der Waals surface area contributed by atoms with Gasteiger partial charge in [0.25, 0.3) is 0 Å². The van der Waals surface area contributed by atoms with E-state index in [0.717, 1.165) is 22.3 Å². The Hall–Kier alpha value is -2.96. The summed E-state index contributed by atoms with van der Waals surface area (Å²) < 4.78 is 16.5. The Morgan fingerprint density at radius 1 is 1.03 bits per heavy atom. The molecule has 32 heavy (non-hydrogen) atoms. The fourth-order valence-corrected chi connectivity index (χ4v) is 3.84. The molecule has 0 spiro atoms. The molecule has 0 aliphatic heterocycles. The van der Waals surface area contributed by atoms with Crippen LogP contribution in [-0.4, -0.2) is 43.4 Å². The largest absolute Gasteiger partial charge is 0.464 e. The number of rotatable bonds is 9. The lowest BCUT2D eigenvalue weighted by molar-refractivity contribution is -0.165. The van der Waals surface area contributed by atoms with Crippen LogP contribution >= 0.6 is 0 Å². The first-order valence-corrected chi connectivity index (χ1v) is 10.7. The van der Waals surface area contributed by atoms with Crippen LogP contribution in [0, 0.1) is 5.92 Å². The lowest BCUT2D eigenvalue weighted by Gasteiger charge is -2.26. The number of nitrogens with two attached hydrogens (primary N) is 1. The molecule has 2 aromatic rings. The minimum atomic E-state index is -1.20. The second-order valence-corrected chi connectivity index (χ2v) is 8.85. The number of ether oxygens (including phenoxy) is 3. The van der Waals surface area contributed by atoms with Gasteiger partial charge in [0.15, 0.2) is 0 Å². The third-order valence-corrected chi connectivity index (χ3v) is 5.30. The van der Waals surface area contributed by atoms with Gasteiger partial charge in [-0.2, -0.15) is 0 Å². The molecule has 0 radical (unpaired) electrons. The van der Waals surface area contributed by atoms with E-state index in [0.29, 0.717) is 0 Å². The smallest absolute Gasteiger partial charge is 0.324 e. The van der Waals surface area contributed by atoms with Crippen LogP contribution in [0.4, 0.5) is 0 Å². The number of esters is 2. The van der Waals surface area contributed by atoms with Crippen molar-refractivity contribution in [3.05, 3.63) is 72.3 Å². The lowest BCUT2D eigenvalue weighted by Crippen LogP contribution is -2.48. The number of carbonyl (C=O) groups is 2. The van der Waals surface area contributed by atoms with Crippen LogP contribution in [0.15, 0.2) is 61.2 Å². The Labute approximate surface area is 189 Å². The minimum Gasteiger partial charge on any atom is -0.464 e. The van der Waals surface area contributed by atoms with Crippen molar-refractivity contribution in [2.45, 2.75) is 38.3 Å². The van der Waals surface area contributed by atoms with Crippen LogP contribution in [0.1, 0.15) is 37.8 Å². The molecule has 3 rings (SSSR count). The number of hydrogen-bond acceptors (Lipinski definition) is 6. The van der Waals surface area contributed by atoms with Crippen LogP contribution < -0.4 is 5.73 Å². The second kappa shape index (κ2) is 10.1. The first-order valence-electron chi connectivity index (χ1n) is 10.7. The maximum Gasteiger partial charge on any atom is 0.324 e. The molecule has 1 aliphatic carbocycles. The Bertz CT molecular complexity index is 933. The first-order chi connectivity index (χ1) is 15.2. The quantitative estimate of drug-likeness (QED) is 0.364. The summed E-state index contributed by atoms with van der Waals surface area (Å²) in [5.41, 5.74) is 9.88. The molecule has 0 amide bonds. The van der Waals surface area contributed by atoms with Crippen molar-refractivity contribution < 1.29 is 23.8 Å². The van der Waals surface area contributed by atoms with Crippen molar-refractivity contribution in [3.8, 4) is 11.1 Å². The summed E-state index contributed by atoms with van der Waals surface area (Å²) in [5, 5.41) is 0. The third-order valence-electron chi connectivity index (χ3n) is 5.30. The molecule has 2 N–H and O–H groups in total. The summed E-state index contributed by atoms with van der Waals surface area (Å²) in [6, 6.07) is 15.0. The van der Waals surface area contributed by atoms with Crippen molar-refractivity contribution >= 4 is 11.9 Å². The first kappa shape index (κ1) is 23.7. The average molecular weight is 438 g/mol. The minimum absolute atomic E-state index is 0.0664. The summed E-state index contributed by atoms with van der Waals surface area (Å²) in [6.07, 6.45) is 1.56. The van der Waals surface area contributed by atoms with Crippen LogP contribution in [0.5, 0.6) is 0 Å². The summed E-state index contributed by atoms with van der Waals surface area (Å²) in [4.78, 5) is 25.5. The lowest BCUT2D eigenvalue weighted by atomic mass is 9.97. The monoisotopic (exact) mass is 437 g/mol. The van der Waals surface area contributed by atoms with E-state index in [9.17, 15) is 9.59 Å². The molecule has 6 nitrogen and oxygen atoms in total. The second-order valence-electron chi connectivity index (χ2n) is 8.85. The SMILES string of the molecule is C=CCOCC(C(=O)OCC1c2ccccc2-c2ccccc21)C(N)C(=O)OC(C)(C)C. The highest BCUT2D eigenvalue weighted by atomic mass is 16.6. The summed E-state index contributed by atoms with van der Waals surface area (Å²) in [5.74, 6) is -2.33.